The largest absolute Gasteiger partial charge is 0.352 e. The van der Waals surface area contributed by atoms with Gasteiger partial charge in [0.15, 0.2) is 5.15 Å². The maximum Gasteiger partial charge on any atom is 0.251 e. The van der Waals surface area contributed by atoms with E-state index in [1.54, 1.807) is 34.7 Å². The SMILES string of the molecule is CCNC(=O)c1cccc(NC(=O)C=Cc2c(Cl)nc3ccccn23)c1. The minimum atomic E-state index is -0.333. The van der Waals surface area contributed by atoms with Crippen LogP contribution in [-0.2, 0) is 4.79 Å². The molecule has 0 aliphatic heterocycles. The first kappa shape index (κ1) is 17.7. The zero-order chi connectivity index (χ0) is 18.5. The summed E-state index contributed by atoms with van der Waals surface area (Å²) in [5.74, 6) is -0.517. The molecule has 2 N–H and O–H groups in total. The maximum atomic E-state index is 12.2. The van der Waals surface area contributed by atoms with Gasteiger partial charge in [-0.05, 0) is 43.3 Å². The van der Waals surface area contributed by atoms with E-state index in [0.29, 0.717) is 34.3 Å². The van der Waals surface area contributed by atoms with Crippen molar-refractivity contribution in [1.82, 2.24) is 14.7 Å². The molecule has 2 aromatic heterocycles. The van der Waals surface area contributed by atoms with Gasteiger partial charge in [0.1, 0.15) is 5.65 Å². The van der Waals surface area contributed by atoms with Crippen LogP contribution in [0.1, 0.15) is 23.0 Å². The van der Waals surface area contributed by atoms with E-state index in [9.17, 15) is 9.59 Å². The van der Waals surface area contributed by atoms with Gasteiger partial charge in [-0.25, -0.2) is 4.98 Å². The lowest BCUT2D eigenvalue weighted by molar-refractivity contribution is -0.111. The van der Waals surface area contributed by atoms with Gasteiger partial charge in [-0.2, -0.15) is 0 Å². The number of benzene rings is 1. The van der Waals surface area contributed by atoms with Crippen molar-refractivity contribution in [3.8, 4) is 0 Å². The van der Waals surface area contributed by atoms with Crippen molar-refractivity contribution in [1.29, 1.82) is 0 Å². The Hall–Kier alpha value is -3.12. The lowest BCUT2D eigenvalue weighted by Gasteiger charge is -2.06. The number of fused-ring (bicyclic) bond motifs is 1. The van der Waals surface area contributed by atoms with E-state index >= 15 is 0 Å². The molecule has 3 rings (SSSR count). The summed E-state index contributed by atoms with van der Waals surface area (Å²) in [4.78, 5) is 28.3. The number of pyridine rings is 1. The van der Waals surface area contributed by atoms with Crippen molar-refractivity contribution < 1.29 is 9.59 Å². The quantitative estimate of drug-likeness (QED) is 0.678. The van der Waals surface area contributed by atoms with Gasteiger partial charge in [0.2, 0.25) is 5.91 Å². The van der Waals surface area contributed by atoms with Gasteiger partial charge in [0.25, 0.3) is 5.91 Å². The third-order valence-electron chi connectivity index (χ3n) is 3.64. The molecule has 0 aliphatic carbocycles. The Balaban J connectivity index is 1.74. The monoisotopic (exact) mass is 368 g/mol. The average Bonchev–Trinajstić information content (AvgIpc) is 2.95. The molecule has 6 nitrogen and oxygen atoms in total. The lowest BCUT2D eigenvalue weighted by atomic mass is 10.2. The minimum Gasteiger partial charge on any atom is -0.352 e. The molecular weight excluding hydrogens is 352 g/mol. The standard InChI is InChI=1S/C19H17ClN4O2/c1-2-21-19(26)13-6-5-7-14(12-13)22-17(25)10-9-15-18(20)23-16-8-3-4-11-24(15)16/h3-12H,2H2,1H3,(H,21,26)(H,22,25). The molecule has 0 radical (unpaired) electrons. The molecule has 3 aromatic rings. The van der Waals surface area contributed by atoms with E-state index in [1.165, 1.54) is 6.08 Å². The molecule has 0 bridgehead atoms. The topological polar surface area (TPSA) is 75.5 Å². The van der Waals surface area contributed by atoms with Crippen molar-refractivity contribution in [3.63, 3.8) is 0 Å². The number of rotatable bonds is 5. The van der Waals surface area contributed by atoms with Gasteiger partial charge < -0.3 is 10.6 Å². The fourth-order valence-corrected chi connectivity index (χ4v) is 2.72. The number of hydrogen-bond acceptors (Lipinski definition) is 3. The average molecular weight is 369 g/mol. The molecule has 26 heavy (non-hydrogen) atoms. The number of imidazole rings is 1. The molecule has 7 heteroatoms. The maximum absolute atomic E-state index is 12.2. The first-order chi connectivity index (χ1) is 12.6. The number of hydrogen-bond donors (Lipinski definition) is 2. The number of aromatic nitrogens is 2. The van der Waals surface area contributed by atoms with E-state index in [0.717, 1.165) is 0 Å². The van der Waals surface area contributed by atoms with Crippen LogP contribution in [0, 0.1) is 0 Å². The van der Waals surface area contributed by atoms with E-state index in [2.05, 4.69) is 15.6 Å². The lowest BCUT2D eigenvalue weighted by Crippen LogP contribution is -2.22. The molecule has 0 unspecified atom stereocenters. The predicted octanol–water partition coefficient (Wildman–Crippen LogP) is 3.39. The molecule has 0 fully saturated rings. The van der Waals surface area contributed by atoms with Gasteiger partial charge >= 0.3 is 0 Å². The molecule has 0 saturated heterocycles. The summed E-state index contributed by atoms with van der Waals surface area (Å²) in [6, 6.07) is 12.3. The summed E-state index contributed by atoms with van der Waals surface area (Å²) in [6.45, 7) is 2.39. The van der Waals surface area contributed by atoms with Crippen LogP contribution in [0.15, 0.2) is 54.7 Å². The second-order valence-electron chi connectivity index (χ2n) is 5.48. The molecule has 0 atom stereocenters. The summed E-state index contributed by atoms with van der Waals surface area (Å²) in [5.41, 5.74) is 2.34. The van der Waals surface area contributed by atoms with Crippen LogP contribution in [-0.4, -0.2) is 27.7 Å². The molecule has 132 valence electrons. The molecule has 1 aromatic carbocycles. The van der Waals surface area contributed by atoms with E-state index in [4.69, 9.17) is 11.6 Å². The van der Waals surface area contributed by atoms with Gasteiger partial charge in [-0.1, -0.05) is 23.7 Å². The minimum absolute atomic E-state index is 0.184. The van der Waals surface area contributed by atoms with Gasteiger partial charge in [0.05, 0.1) is 5.69 Å². The number of anilines is 1. The van der Waals surface area contributed by atoms with E-state index in [-0.39, 0.29) is 11.8 Å². The molecule has 0 saturated carbocycles. The Bertz CT molecular complexity index is 994. The number of halogens is 1. The first-order valence-corrected chi connectivity index (χ1v) is 8.46. The Labute approximate surface area is 155 Å². The molecule has 0 aliphatic rings. The Kier molecular flexibility index (Phi) is 5.34. The number of carbonyl (C=O) groups excluding carboxylic acids is 2. The second-order valence-corrected chi connectivity index (χ2v) is 5.84. The highest BCUT2D eigenvalue weighted by Crippen LogP contribution is 2.19. The van der Waals surface area contributed by atoms with Crippen LogP contribution >= 0.6 is 11.6 Å². The normalized spacial score (nSPS) is 11.0. The van der Waals surface area contributed by atoms with Crippen LogP contribution < -0.4 is 10.6 Å². The number of nitrogens with one attached hydrogen (secondary N) is 2. The fraction of sp³-hybridized carbons (Fsp3) is 0.105. The molecular formula is C19H17ClN4O2. The zero-order valence-corrected chi connectivity index (χ0v) is 14.8. The van der Waals surface area contributed by atoms with Gasteiger partial charge in [0, 0.05) is 30.1 Å². The number of amides is 2. The second kappa shape index (κ2) is 7.84. The van der Waals surface area contributed by atoms with Crippen molar-refractivity contribution in [2.45, 2.75) is 6.92 Å². The Morgan fingerprint density at radius 1 is 1.23 bits per heavy atom. The Morgan fingerprint density at radius 2 is 2.08 bits per heavy atom. The highest BCUT2D eigenvalue weighted by atomic mass is 35.5. The highest BCUT2D eigenvalue weighted by Gasteiger charge is 2.08. The highest BCUT2D eigenvalue weighted by molar-refractivity contribution is 6.31. The molecule has 2 heterocycles. The summed E-state index contributed by atoms with van der Waals surface area (Å²) in [6.07, 6.45) is 4.80. The molecule has 0 spiro atoms. The van der Waals surface area contributed by atoms with E-state index in [1.807, 2.05) is 31.3 Å². The van der Waals surface area contributed by atoms with Crippen LogP contribution in [0.2, 0.25) is 5.15 Å². The summed E-state index contributed by atoms with van der Waals surface area (Å²) in [7, 11) is 0. The third-order valence-corrected chi connectivity index (χ3v) is 3.92. The smallest absolute Gasteiger partial charge is 0.251 e. The van der Waals surface area contributed by atoms with Gasteiger partial charge in [-0.15, -0.1) is 0 Å². The number of carbonyl (C=O) groups is 2. The van der Waals surface area contributed by atoms with Crippen LogP contribution in [0.4, 0.5) is 5.69 Å². The van der Waals surface area contributed by atoms with Crippen LogP contribution in [0.5, 0.6) is 0 Å². The number of nitrogens with zero attached hydrogens (tertiary/aromatic N) is 2. The predicted molar refractivity (Wildman–Crippen MR) is 102 cm³/mol. The van der Waals surface area contributed by atoms with Crippen molar-refractivity contribution >= 4 is 40.8 Å². The zero-order valence-electron chi connectivity index (χ0n) is 14.1. The summed E-state index contributed by atoms with van der Waals surface area (Å²) >= 11 is 6.14. The van der Waals surface area contributed by atoms with Gasteiger partial charge in [-0.3, -0.25) is 14.0 Å². The van der Waals surface area contributed by atoms with Crippen LogP contribution in [0.3, 0.4) is 0 Å². The van der Waals surface area contributed by atoms with Crippen LogP contribution in [0.25, 0.3) is 11.7 Å². The van der Waals surface area contributed by atoms with E-state index < -0.39 is 0 Å². The summed E-state index contributed by atoms with van der Waals surface area (Å²) < 4.78 is 1.79. The fourth-order valence-electron chi connectivity index (χ4n) is 2.47. The molecule has 2 amide bonds. The first-order valence-electron chi connectivity index (χ1n) is 8.08. The van der Waals surface area contributed by atoms with Crippen molar-refractivity contribution in [2.24, 2.45) is 0 Å². The van der Waals surface area contributed by atoms with Crippen molar-refractivity contribution in [2.75, 3.05) is 11.9 Å². The summed E-state index contributed by atoms with van der Waals surface area (Å²) in [5, 5.41) is 5.77. The third kappa shape index (κ3) is 3.92. The van der Waals surface area contributed by atoms with Crippen molar-refractivity contribution in [3.05, 3.63) is 71.1 Å². The Morgan fingerprint density at radius 3 is 2.88 bits per heavy atom.